The average molecular weight is 190 g/mol. The molecule has 0 aromatic carbocycles. The molecule has 1 amide bonds. The summed E-state index contributed by atoms with van der Waals surface area (Å²) in [4.78, 5) is 17.5. The minimum Gasteiger partial charge on any atom is -0.336 e. The summed E-state index contributed by atoms with van der Waals surface area (Å²) in [6.07, 6.45) is 5.22. The number of amides is 1. The first-order valence-electron chi connectivity index (χ1n) is 5.02. The Morgan fingerprint density at radius 3 is 3.14 bits per heavy atom. The number of hydrogen-bond acceptors (Lipinski definition) is 2. The van der Waals surface area contributed by atoms with Crippen LogP contribution in [0.15, 0.2) is 24.5 Å². The van der Waals surface area contributed by atoms with Crippen molar-refractivity contribution >= 4 is 5.91 Å². The van der Waals surface area contributed by atoms with Crippen LogP contribution in [0.4, 0.5) is 0 Å². The van der Waals surface area contributed by atoms with Gasteiger partial charge in [-0.1, -0.05) is 6.07 Å². The molecule has 0 aliphatic carbocycles. The number of likely N-dealkylation sites (tertiary alicyclic amines) is 1. The van der Waals surface area contributed by atoms with Crippen molar-refractivity contribution in [3.8, 4) is 0 Å². The molecule has 1 saturated heterocycles. The summed E-state index contributed by atoms with van der Waals surface area (Å²) >= 11 is 0. The Morgan fingerprint density at radius 1 is 1.64 bits per heavy atom. The molecule has 2 rings (SSSR count). The van der Waals surface area contributed by atoms with E-state index in [-0.39, 0.29) is 11.9 Å². The maximum absolute atomic E-state index is 11.5. The van der Waals surface area contributed by atoms with Crippen LogP contribution >= 0.6 is 0 Å². The number of hydrogen-bond donors (Lipinski definition) is 0. The molecule has 3 heteroatoms. The molecule has 3 nitrogen and oxygen atoms in total. The number of carbonyl (C=O) groups is 1. The minimum atomic E-state index is 0.251. The summed E-state index contributed by atoms with van der Waals surface area (Å²) in [7, 11) is 0. The third kappa shape index (κ3) is 1.50. The van der Waals surface area contributed by atoms with E-state index in [1.807, 2.05) is 30.2 Å². The van der Waals surface area contributed by atoms with Crippen molar-refractivity contribution < 1.29 is 4.79 Å². The van der Waals surface area contributed by atoms with Crippen molar-refractivity contribution in [1.29, 1.82) is 0 Å². The van der Waals surface area contributed by atoms with Crippen molar-refractivity contribution in [1.82, 2.24) is 9.88 Å². The highest BCUT2D eigenvalue weighted by Crippen LogP contribution is 2.31. The first-order valence-corrected chi connectivity index (χ1v) is 5.02. The summed E-state index contributed by atoms with van der Waals surface area (Å²) in [5, 5.41) is 0. The molecule has 74 valence electrons. The second-order valence-corrected chi connectivity index (χ2v) is 3.52. The normalized spacial score (nSPS) is 21.6. The summed E-state index contributed by atoms with van der Waals surface area (Å²) < 4.78 is 0. The van der Waals surface area contributed by atoms with E-state index < -0.39 is 0 Å². The zero-order valence-electron chi connectivity index (χ0n) is 8.31. The quantitative estimate of drug-likeness (QED) is 0.712. The lowest BCUT2D eigenvalue weighted by molar-refractivity contribution is -0.128. The van der Waals surface area contributed by atoms with E-state index in [1.165, 1.54) is 0 Å². The predicted octanol–water partition coefficient (Wildman–Crippen LogP) is 1.77. The third-order valence-corrected chi connectivity index (χ3v) is 2.74. The van der Waals surface area contributed by atoms with Gasteiger partial charge in [-0.3, -0.25) is 9.78 Å². The Kier molecular flexibility index (Phi) is 2.48. The van der Waals surface area contributed by atoms with Crippen molar-refractivity contribution in [3.63, 3.8) is 0 Å². The topological polar surface area (TPSA) is 33.2 Å². The highest BCUT2D eigenvalue weighted by atomic mass is 16.2. The van der Waals surface area contributed by atoms with Gasteiger partial charge in [0.25, 0.3) is 0 Å². The molecule has 0 saturated carbocycles. The van der Waals surface area contributed by atoms with E-state index in [0.29, 0.717) is 6.42 Å². The molecule has 0 bridgehead atoms. The summed E-state index contributed by atoms with van der Waals surface area (Å²) in [6, 6.07) is 4.21. The predicted molar refractivity (Wildman–Crippen MR) is 53.6 cm³/mol. The van der Waals surface area contributed by atoms with Crippen molar-refractivity contribution in [2.75, 3.05) is 6.54 Å². The summed E-state index contributed by atoms with van der Waals surface area (Å²) in [6.45, 7) is 2.81. The van der Waals surface area contributed by atoms with Gasteiger partial charge in [0, 0.05) is 25.4 Å². The van der Waals surface area contributed by atoms with Gasteiger partial charge in [0.1, 0.15) is 0 Å². The van der Waals surface area contributed by atoms with Crippen LogP contribution in [0.3, 0.4) is 0 Å². The van der Waals surface area contributed by atoms with Gasteiger partial charge in [0.05, 0.1) is 6.04 Å². The van der Waals surface area contributed by atoms with Crippen LogP contribution in [0.2, 0.25) is 0 Å². The van der Waals surface area contributed by atoms with E-state index in [2.05, 4.69) is 4.98 Å². The molecule has 1 aromatic heterocycles. The van der Waals surface area contributed by atoms with Gasteiger partial charge in [-0.15, -0.1) is 0 Å². The summed E-state index contributed by atoms with van der Waals surface area (Å²) in [5.74, 6) is 0.265. The first-order chi connectivity index (χ1) is 6.83. The van der Waals surface area contributed by atoms with Gasteiger partial charge in [-0.25, -0.2) is 0 Å². The Labute approximate surface area is 83.8 Å². The number of pyridine rings is 1. The first kappa shape index (κ1) is 9.19. The van der Waals surface area contributed by atoms with Crippen molar-refractivity contribution in [2.45, 2.75) is 25.8 Å². The molecule has 1 aromatic rings. The fourth-order valence-corrected chi connectivity index (χ4v) is 2.05. The van der Waals surface area contributed by atoms with E-state index in [4.69, 9.17) is 0 Å². The molecule has 1 aliphatic heterocycles. The number of carbonyl (C=O) groups excluding carboxylic acids is 1. The molecule has 2 heterocycles. The van der Waals surface area contributed by atoms with E-state index in [0.717, 1.165) is 18.5 Å². The molecule has 1 atom stereocenters. The lowest BCUT2D eigenvalue weighted by Gasteiger charge is -2.22. The van der Waals surface area contributed by atoms with Gasteiger partial charge in [-0.2, -0.15) is 0 Å². The zero-order chi connectivity index (χ0) is 9.97. The third-order valence-electron chi connectivity index (χ3n) is 2.74. The maximum atomic E-state index is 11.5. The Morgan fingerprint density at radius 2 is 2.50 bits per heavy atom. The van der Waals surface area contributed by atoms with E-state index in [9.17, 15) is 4.79 Å². The van der Waals surface area contributed by atoms with Gasteiger partial charge in [-0.05, 0) is 25.0 Å². The fourth-order valence-electron chi connectivity index (χ4n) is 2.05. The van der Waals surface area contributed by atoms with Crippen molar-refractivity contribution in [3.05, 3.63) is 30.1 Å². The van der Waals surface area contributed by atoms with Gasteiger partial charge in [0.2, 0.25) is 5.91 Å². The van der Waals surface area contributed by atoms with Gasteiger partial charge >= 0.3 is 0 Å². The molecule has 1 aliphatic rings. The smallest absolute Gasteiger partial charge is 0.223 e. The molecule has 14 heavy (non-hydrogen) atoms. The Hall–Kier alpha value is -1.38. The second-order valence-electron chi connectivity index (χ2n) is 3.52. The molecule has 1 fully saturated rings. The molecule has 0 unspecified atom stereocenters. The van der Waals surface area contributed by atoms with Crippen LogP contribution in [-0.4, -0.2) is 22.3 Å². The highest BCUT2D eigenvalue weighted by Gasteiger charge is 2.30. The van der Waals surface area contributed by atoms with Crippen molar-refractivity contribution in [2.24, 2.45) is 0 Å². The zero-order valence-corrected chi connectivity index (χ0v) is 8.31. The minimum absolute atomic E-state index is 0.251. The largest absolute Gasteiger partial charge is 0.336 e. The lowest BCUT2D eigenvalue weighted by Crippen LogP contribution is -2.27. The number of rotatable bonds is 2. The standard InChI is InChI=1S/C11H14N2O/c1-2-13-10(5-6-11(13)14)9-4-3-7-12-8-9/h3-4,7-8,10H,2,5-6H2,1H3/t10-/m0/s1. The summed E-state index contributed by atoms with van der Waals surface area (Å²) in [5.41, 5.74) is 1.15. The number of nitrogens with zero attached hydrogens (tertiary/aromatic N) is 2. The van der Waals surface area contributed by atoms with E-state index in [1.54, 1.807) is 6.20 Å². The molecular formula is C11H14N2O. The molecule has 0 N–H and O–H groups in total. The van der Waals surface area contributed by atoms with Crippen LogP contribution in [0.5, 0.6) is 0 Å². The van der Waals surface area contributed by atoms with Gasteiger partial charge in [0.15, 0.2) is 0 Å². The highest BCUT2D eigenvalue weighted by molar-refractivity contribution is 5.79. The maximum Gasteiger partial charge on any atom is 0.223 e. The SMILES string of the molecule is CCN1C(=O)CC[C@H]1c1cccnc1. The number of aromatic nitrogens is 1. The average Bonchev–Trinajstić information content (AvgIpc) is 2.61. The monoisotopic (exact) mass is 190 g/mol. The van der Waals surface area contributed by atoms with Crippen LogP contribution in [-0.2, 0) is 4.79 Å². The van der Waals surface area contributed by atoms with Crippen LogP contribution in [0.1, 0.15) is 31.4 Å². The van der Waals surface area contributed by atoms with Crippen LogP contribution in [0.25, 0.3) is 0 Å². The molecule has 0 radical (unpaired) electrons. The van der Waals surface area contributed by atoms with Crippen LogP contribution < -0.4 is 0 Å². The lowest BCUT2D eigenvalue weighted by atomic mass is 10.1. The second kappa shape index (κ2) is 3.78. The molecule has 0 spiro atoms. The Balaban J connectivity index is 2.23. The fraction of sp³-hybridized carbons (Fsp3) is 0.455. The Bertz CT molecular complexity index is 323. The van der Waals surface area contributed by atoms with Gasteiger partial charge < -0.3 is 4.90 Å². The molecular weight excluding hydrogens is 176 g/mol. The van der Waals surface area contributed by atoms with Crippen LogP contribution in [0, 0.1) is 0 Å². The van der Waals surface area contributed by atoms with E-state index >= 15 is 0 Å².